The minimum Gasteiger partial charge on any atom is -0.396 e. The van der Waals surface area contributed by atoms with Crippen molar-refractivity contribution in [2.24, 2.45) is 4.95 Å². The van der Waals surface area contributed by atoms with Crippen molar-refractivity contribution in [3.63, 3.8) is 0 Å². The fourth-order valence-corrected chi connectivity index (χ4v) is 5.38. The lowest BCUT2D eigenvalue weighted by Crippen LogP contribution is -2.00. The van der Waals surface area contributed by atoms with Crippen LogP contribution < -0.4 is 9.05 Å². The summed E-state index contributed by atoms with van der Waals surface area (Å²) in [5.41, 5.74) is 0. The minimum atomic E-state index is -4.49. The summed E-state index contributed by atoms with van der Waals surface area (Å²) in [6.45, 7) is 0. The van der Waals surface area contributed by atoms with Gasteiger partial charge in [0.15, 0.2) is 0 Å². The molecule has 0 fully saturated rings. The molecule has 6 aromatic rings. The molecule has 164 valence electrons. The van der Waals surface area contributed by atoms with Gasteiger partial charge in [-0.3, -0.25) is 0 Å². The summed E-state index contributed by atoms with van der Waals surface area (Å²) in [7, 11) is -4.49. The number of hydrogen-bond acceptors (Lipinski definition) is 4. The van der Waals surface area contributed by atoms with E-state index in [0.717, 1.165) is 43.1 Å². The fourth-order valence-electron chi connectivity index (χ4n) is 4.42. The van der Waals surface area contributed by atoms with Gasteiger partial charge in [0.05, 0.1) is 4.95 Å². The normalized spacial score (nSPS) is 11.8. The summed E-state index contributed by atoms with van der Waals surface area (Å²) in [5, 5.41) is 6.45. The van der Waals surface area contributed by atoms with E-state index in [-0.39, 0.29) is 0 Å². The Morgan fingerprint density at radius 2 is 0.794 bits per heavy atom. The second kappa shape index (κ2) is 7.98. The first-order valence-corrected chi connectivity index (χ1v) is 12.3. The highest BCUT2D eigenvalue weighted by Crippen LogP contribution is 2.54. The van der Waals surface area contributed by atoms with E-state index in [0.29, 0.717) is 11.5 Å². The summed E-state index contributed by atoms with van der Waals surface area (Å²) in [6, 6.07) is 34.3. The van der Waals surface area contributed by atoms with Crippen molar-refractivity contribution in [1.82, 2.24) is 0 Å². The lowest BCUT2D eigenvalue weighted by atomic mass is 10.0. The van der Waals surface area contributed by atoms with Crippen molar-refractivity contribution >= 4 is 50.8 Å². The van der Waals surface area contributed by atoms with Gasteiger partial charge in [-0.2, -0.15) is 0 Å². The number of benzene rings is 6. The van der Waals surface area contributed by atoms with Crippen LogP contribution in [0, 0.1) is 4.91 Å². The molecule has 0 aromatic heterocycles. The summed E-state index contributed by atoms with van der Waals surface area (Å²) >= 11 is 0. The van der Waals surface area contributed by atoms with Crippen LogP contribution in [0.5, 0.6) is 11.5 Å². The van der Waals surface area contributed by atoms with Crippen molar-refractivity contribution in [1.29, 1.82) is 0 Å². The number of hydrogen-bond donors (Lipinski definition) is 0. The molecule has 0 heterocycles. The predicted molar refractivity (Wildman–Crippen MR) is 138 cm³/mol. The first-order valence-electron chi connectivity index (χ1n) is 10.8. The molecule has 0 spiro atoms. The van der Waals surface area contributed by atoms with Crippen LogP contribution in [-0.4, -0.2) is 0 Å². The van der Waals surface area contributed by atoms with Crippen LogP contribution in [-0.2, 0) is 4.57 Å². The van der Waals surface area contributed by atoms with Crippen molar-refractivity contribution in [2.45, 2.75) is 0 Å². The summed E-state index contributed by atoms with van der Waals surface area (Å²) in [6.07, 6.45) is 0. The summed E-state index contributed by atoms with van der Waals surface area (Å²) in [5.74, 6) is 0.613. The van der Waals surface area contributed by atoms with E-state index < -0.39 is 7.75 Å². The van der Waals surface area contributed by atoms with Crippen LogP contribution in [0.25, 0.3) is 43.1 Å². The maximum absolute atomic E-state index is 13.8. The highest BCUT2D eigenvalue weighted by atomic mass is 31.2. The molecular formula is C28H18NO4P. The van der Waals surface area contributed by atoms with Crippen LogP contribution in [0.2, 0.25) is 0 Å². The zero-order chi connectivity index (χ0) is 23.1. The molecular weight excluding hydrogens is 445 g/mol. The Morgan fingerprint density at radius 3 is 1.09 bits per heavy atom. The molecule has 0 unspecified atom stereocenters. The van der Waals surface area contributed by atoms with E-state index in [1.54, 1.807) is 0 Å². The third kappa shape index (κ3) is 3.38. The number of nitrogens with zero attached hydrogens (tertiary/aromatic N) is 1. The van der Waals surface area contributed by atoms with Gasteiger partial charge in [-0.25, -0.2) is 4.57 Å². The lowest BCUT2D eigenvalue weighted by Gasteiger charge is -2.18. The smallest absolute Gasteiger partial charge is 0.396 e. The van der Waals surface area contributed by atoms with Gasteiger partial charge in [0.1, 0.15) is 11.5 Å². The average Bonchev–Trinajstić information content (AvgIpc) is 2.88. The molecule has 0 N–H and O–H groups in total. The Morgan fingerprint density at radius 1 is 0.500 bits per heavy atom. The fraction of sp³-hybridized carbons (Fsp3) is 0. The van der Waals surface area contributed by atoms with Crippen LogP contribution in [0.1, 0.15) is 0 Å². The average molecular weight is 463 g/mol. The van der Waals surface area contributed by atoms with Gasteiger partial charge in [0.25, 0.3) is 0 Å². The molecule has 0 saturated carbocycles. The van der Waals surface area contributed by atoms with E-state index in [2.05, 4.69) is 4.95 Å². The van der Waals surface area contributed by atoms with E-state index in [9.17, 15) is 9.47 Å². The van der Waals surface area contributed by atoms with E-state index in [1.807, 2.05) is 109 Å². The number of nitroso groups, excluding NO2 is 1. The standard InChI is InChI=1S/C28H18NO4P/c30-29-34(31,32-27-23-13-5-1-9-19(23)17-20-10-2-6-14-24(20)27)33-28-25-15-7-3-11-21(25)18-22-12-4-8-16-26(22)28/h1-18H. The summed E-state index contributed by atoms with van der Waals surface area (Å²) in [4.78, 5) is 14.9. The van der Waals surface area contributed by atoms with Gasteiger partial charge in [-0.1, -0.05) is 97.1 Å². The maximum atomic E-state index is 13.8. The highest BCUT2D eigenvalue weighted by Gasteiger charge is 2.33. The molecule has 0 saturated heterocycles. The molecule has 6 heteroatoms. The highest BCUT2D eigenvalue weighted by molar-refractivity contribution is 7.53. The third-order valence-corrected chi connectivity index (χ3v) is 6.98. The lowest BCUT2D eigenvalue weighted by molar-refractivity contribution is 0.394. The van der Waals surface area contributed by atoms with Gasteiger partial charge in [-0.05, 0) is 33.7 Å². The molecule has 0 atom stereocenters. The zero-order valence-electron chi connectivity index (χ0n) is 17.9. The van der Waals surface area contributed by atoms with Crippen molar-refractivity contribution in [2.75, 3.05) is 0 Å². The Labute approximate surface area is 195 Å². The molecule has 0 bridgehead atoms. The van der Waals surface area contributed by atoms with Crippen LogP contribution in [0.15, 0.2) is 114 Å². The Hall–Kier alpha value is -4.21. The van der Waals surface area contributed by atoms with Crippen LogP contribution in [0.3, 0.4) is 0 Å². The Bertz CT molecular complexity index is 1550. The van der Waals surface area contributed by atoms with E-state index in [1.165, 1.54) is 0 Å². The maximum Gasteiger partial charge on any atom is 0.600 e. The van der Waals surface area contributed by atoms with E-state index in [4.69, 9.17) is 9.05 Å². The molecule has 0 aliphatic rings. The molecule has 0 radical (unpaired) electrons. The predicted octanol–water partition coefficient (Wildman–Crippen LogP) is 8.63. The Kier molecular flexibility index (Phi) is 4.79. The van der Waals surface area contributed by atoms with Crippen molar-refractivity contribution in [3.8, 4) is 11.5 Å². The second-order valence-corrected chi connectivity index (χ2v) is 9.49. The molecule has 6 aromatic carbocycles. The van der Waals surface area contributed by atoms with Gasteiger partial charge < -0.3 is 9.05 Å². The molecule has 6 rings (SSSR count). The van der Waals surface area contributed by atoms with Crippen molar-refractivity contribution < 1.29 is 13.6 Å². The number of fused-ring (bicyclic) bond motifs is 4. The second-order valence-electron chi connectivity index (χ2n) is 8.03. The zero-order valence-corrected chi connectivity index (χ0v) is 18.8. The first-order chi connectivity index (χ1) is 16.6. The topological polar surface area (TPSA) is 65.0 Å². The molecule has 0 aliphatic heterocycles. The largest absolute Gasteiger partial charge is 0.600 e. The van der Waals surface area contributed by atoms with Crippen LogP contribution in [0.4, 0.5) is 0 Å². The van der Waals surface area contributed by atoms with Crippen molar-refractivity contribution in [3.05, 3.63) is 114 Å². The third-order valence-electron chi connectivity index (χ3n) is 5.96. The van der Waals surface area contributed by atoms with E-state index >= 15 is 0 Å². The van der Waals surface area contributed by atoms with Crippen LogP contribution >= 0.6 is 7.75 Å². The minimum absolute atomic E-state index is 0.307. The molecule has 0 aliphatic carbocycles. The van der Waals surface area contributed by atoms with Gasteiger partial charge in [-0.15, -0.1) is 4.91 Å². The SMILES string of the molecule is O=NP(=O)(Oc1c2ccccc2cc2ccccc12)Oc1c2ccccc2cc2ccccc12. The van der Waals surface area contributed by atoms with Gasteiger partial charge in [0.2, 0.25) is 0 Å². The molecule has 34 heavy (non-hydrogen) atoms. The molecule has 5 nitrogen and oxygen atoms in total. The first kappa shape index (κ1) is 20.4. The van der Waals surface area contributed by atoms with Gasteiger partial charge >= 0.3 is 7.75 Å². The monoisotopic (exact) mass is 463 g/mol. The Balaban J connectivity index is 1.55. The molecule has 0 amide bonds. The number of rotatable bonds is 5. The quantitative estimate of drug-likeness (QED) is 0.146. The van der Waals surface area contributed by atoms with Gasteiger partial charge in [0, 0.05) is 21.5 Å². The summed E-state index contributed by atoms with van der Waals surface area (Å²) < 4.78 is 25.6.